The van der Waals surface area contributed by atoms with Crippen LogP contribution in [0.25, 0.3) is 0 Å². The van der Waals surface area contributed by atoms with E-state index in [0.29, 0.717) is 12.8 Å². The van der Waals surface area contributed by atoms with Crippen LogP contribution in [-0.4, -0.2) is 59.2 Å². The highest BCUT2D eigenvalue weighted by molar-refractivity contribution is 6.09. The number of hydrogen-bond donors (Lipinski definition) is 3. The van der Waals surface area contributed by atoms with E-state index in [-0.39, 0.29) is 30.2 Å². The molecule has 3 rings (SSSR count). The SMILES string of the molecule is CC1CC(C)(C)CC2(C1)NC(=O)N(CC(=O)NCC(O)COc1ccc(C(F)(F)F)cc1)C2=O. The number of carbonyl (C=O) groups is 3. The minimum Gasteiger partial charge on any atom is -0.491 e. The summed E-state index contributed by atoms with van der Waals surface area (Å²) < 4.78 is 43.0. The van der Waals surface area contributed by atoms with Gasteiger partial charge >= 0.3 is 12.2 Å². The average Bonchev–Trinajstić information content (AvgIpc) is 2.92. The van der Waals surface area contributed by atoms with Crippen LogP contribution in [0.15, 0.2) is 24.3 Å². The Bertz CT molecular complexity index is 935. The lowest BCUT2D eigenvalue weighted by Crippen LogP contribution is -2.54. The fraction of sp³-hybridized carbons (Fsp3) is 0.609. The number of hydrogen-bond acceptors (Lipinski definition) is 5. The summed E-state index contributed by atoms with van der Waals surface area (Å²) in [6.45, 7) is 5.16. The molecule has 8 nitrogen and oxygen atoms in total. The summed E-state index contributed by atoms with van der Waals surface area (Å²) in [5.41, 5.74) is -1.95. The third kappa shape index (κ3) is 5.99. The largest absolute Gasteiger partial charge is 0.491 e. The molecule has 1 aromatic carbocycles. The first-order chi connectivity index (χ1) is 15.7. The minimum atomic E-state index is -4.46. The molecule has 0 bridgehead atoms. The number of benzene rings is 1. The van der Waals surface area contributed by atoms with Crippen molar-refractivity contribution in [3.8, 4) is 5.75 Å². The van der Waals surface area contributed by atoms with Gasteiger partial charge in [-0.3, -0.25) is 14.5 Å². The zero-order valence-electron chi connectivity index (χ0n) is 19.4. The molecular weight excluding hydrogens is 455 g/mol. The number of ether oxygens (including phenoxy) is 1. The van der Waals surface area contributed by atoms with Crippen LogP contribution < -0.4 is 15.4 Å². The van der Waals surface area contributed by atoms with Crippen LogP contribution in [0.5, 0.6) is 5.75 Å². The lowest BCUT2D eigenvalue weighted by atomic mass is 9.64. The van der Waals surface area contributed by atoms with Gasteiger partial charge in [0.15, 0.2) is 0 Å². The van der Waals surface area contributed by atoms with E-state index >= 15 is 0 Å². The van der Waals surface area contributed by atoms with Crippen LogP contribution >= 0.6 is 0 Å². The molecule has 1 saturated heterocycles. The van der Waals surface area contributed by atoms with Crippen molar-refractivity contribution in [2.24, 2.45) is 11.3 Å². The van der Waals surface area contributed by atoms with Crippen molar-refractivity contribution < 1.29 is 37.4 Å². The van der Waals surface area contributed by atoms with Crippen molar-refractivity contribution in [3.63, 3.8) is 0 Å². The Kier molecular flexibility index (Phi) is 7.16. The Morgan fingerprint density at radius 1 is 1.26 bits per heavy atom. The molecule has 1 aliphatic heterocycles. The van der Waals surface area contributed by atoms with Crippen LogP contribution in [0.4, 0.5) is 18.0 Å². The first-order valence-corrected chi connectivity index (χ1v) is 11.1. The number of urea groups is 1. The van der Waals surface area contributed by atoms with E-state index in [0.717, 1.165) is 35.6 Å². The smallest absolute Gasteiger partial charge is 0.416 e. The Labute approximate surface area is 195 Å². The highest BCUT2D eigenvalue weighted by Gasteiger charge is 2.56. The van der Waals surface area contributed by atoms with Crippen molar-refractivity contribution in [2.45, 2.75) is 57.9 Å². The van der Waals surface area contributed by atoms with E-state index in [1.54, 1.807) is 0 Å². The zero-order valence-corrected chi connectivity index (χ0v) is 19.4. The van der Waals surface area contributed by atoms with Crippen LogP contribution in [0.2, 0.25) is 0 Å². The van der Waals surface area contributed by atoms with Gasteiger partial charge in [0.2, 0.25) is 5.91 Å². The molecule has 3 N–H and O–H groups in total. The van der Waals surface area contributed by atoms with Gasteiger partial charge in [0.1, 0.15) is 30.5 Å². The maximum absolute atomic E-state index is 13.1. The number of nitrogens with one attached hydrogen (secondary N) is 2. The number of amides is 4. The number of halogens is 3. The summed E-state index contributed by atoms with van der Waals surface area (Å²) in [5, 5.41) is 15.2. The standard InChI is InChI=1S/C23H30F3N3O5/c1-14-8-21(2,3)13-22(9-14)19(32)29(20(33)28-22)11-18(31)27-10-16(30)12-34-17-6-4-15(5-7-17)23(24,25)26/h4-7,14,16,30H,8-13H2,1-3H3,(H,27,31)(H,28,33). The molecule has 11 heteroatoms. The molecule has 0 radical (unpaired) electrons. The van der Waals surface area contributed by atoms with Gasteiger partial charge in [-0.1, -0.05) is 20.8 Å². The van der Waals surface area contributed by atoms with Gasteiger partial charge in [-0.05, 0) is 54.9 Å². The molecule has 1 saturated carbocycles. The Morgan fingerprint density at radius 2 is 1.91 bits per heavy atom. The predicted octanol–water partition coefficient (Wildman–Crippen LogP) is 2.70. The number of aliphatic hydroxyl groups is 1. The maximum atomic E-state index is 13.1. The summed E-state index contributed by atoms with van der Waals surface area (Å²) in [7, 11) is 0. The molecule has 1 aromatic rings. The summed E-state index contributed by atoms with van der Waals surface area (Å²) in [6.07, 6.45) is -3.67. The second kappa shape index (κ2) is 9.44. The second-order valence-electron chi connectivity index (χ2n) is 10.0. The Hall–Kier alpha value is -2.82. The summed E-state index contributed by atoms with van der Waals surface area (Å²) >= 11 is 0. The number of rotatable bonds is 7. The fourth-order valence-electron chi connectivity index (χ4n) is 5.07. The molecule has 1 spiro atoms. The fourth-order valence-corrected chi connectivity index (χ4v) is 5.07. The van der Waals surface area contributed by atoms with Gasteiger partial charge in [0.25, 0.3) is 5.91 Å². The van der Waals surface area contributed by atoms with E-state index in [2.05, 4.69) is 10.6 Å². The molecule has 2 fully saturated rings. The normalized spacial score (nSPS) is 25.3. The van der Waals surface area contributed by atoms with Crippen molar-refractivity contribution in [2.75, 3.05) is 19.7 Å². The number of aliphatic hydroxyl groups excluding tert-OH is 1. The molecule has 3 unspecified atom stereocenters. The van der Waals surface area contributed by atoms with E-state index in [4.69, 9.17) is 4.74 Å². The third-order valence-electron chi connectivity index (χ3n) is 6.08. The molecule has 34 heavy (non-hydrogen) atoms. The average molecular weight is 486 g/mol. The van der Waals surface area contributed by atoms with Crippen molar-refractivity contribution in [3.05, 3.63) is 29.8 Å². The van der Waals surface area contributed by atoms with Crippen molar-refractivity contribution in [1.29, 1.82) is 0 Å². The number of imide groups is 1. The van der Waals surface area contributed by atoms with Gasteiger partial charge in [0, 0.05) is 6.54 Å². The second-order valence-corrected chi connectivity index (χ2v) is 10.0. The predicted molar refractivity (Wildman–Crippen MR) is 116 cm³/mol. The number of alkyl halides is 3. The van der Waals surface area contributed by atoms with Crippen molar-refractivity contribution in [1.82, 2.24) is 15.5 Å². The molecule has 0 aromatic heterocycles. The quantitative estimate of drug-likeness (QED) is 0.515. The highest BCUT2D eigenvalue weighted by Crippen LogP contribution is 2.46. The highest BCUT2D eigenvalue weighted by atomic mass is 19.4. The van der Waals surface area contributed by atoms with E-state index in [1.807, 2.05) is 20.8 Å². The molecule has 3 atom stereocenters. The van der Waals surface area contributed by atoms with Crippen LogP contribution in [0.3, 0.4) is 0 Å². The van der Waals surface area contributed by atoms with Crippen LogP contribution in [0.1, 0.15) is 45.6 Å². The van der Waals surface area contributed by atoms with Crippen LogP contribution in [-0.2, 0) is 15.8 Å². The molecule has 4 amide bonds. The van der Waals surface area contributed by atoms with Gasteiger partial charge in [-0.25, -0.2) is 4.79 Å². The zero-order chi connectivity index (χ0) is 25.3. The number of nitrogens with zero attached hydrogens (tertiary/aromatic N) is 1. The van der Waals surface area contributed by atoms with Crippen LogP contribution in [0, 0.1) is 11.3 Å². The molecular formula is C23H30F3N3O5. The minimum absolute atomic E-state index is 0.129. The van der Waals surface area contributed by atoms with Gasteiger partial charge < -0.3 is 20.5 Å². The van der Waals surface area contributed by atoms with Gasteiger partial charge in [-0.15, -0.1) is 0 Å². The summed E-state index contributed by atoms with van der Waals surface area (Å²) in [6, 6.07) is 3.38. The monoisotopic (exact) mass is 485 g/mol. The van der Waals surface area contributed by atoms with Gasteiger partial charge in [-0.2, -0.15) is 13.2 Å². The first kappa shape index (κ1) is 25.8. The lowest BCUT2D eigenvalue weighted by Gasteiger charge is -2.43. The van der Waals surface area contributed by atoms with Crippen molar-refractivity contribution >= 4 is 17.8 Å². The summed E-state index contributed by atoms with van der Waals surface area (Å²) in [4.78, 5) is 38.8. The third-order valence-corrected chi connectivity index (χ3v) is 6.08. The Morgan fingerprint density at radius 3 is 2.50 bits per heavy atom. The summed E-state index contributed by atoms with van der Waals surface area (Å²) in [5.74, 6) is -0.676. The van der Waals surface area contributed by atoms with E-state index in [1.165, 1.54) is 0 Å². The topological polar surface area (TPSA) is 108 Å². The molecule has 1 heterocycles. The van der Waals surface area contributed by atoms with E-state index in [9.17, 15) is 32.7 Å². The molecule has 188 valence electrons. The molecule has 2 aliphatic rings. The Balaban J connectivity index is 1.47. The molecule has 1 aliphatic carbocycles. The number of carbonyl (C=O) groups excluding carboxylic acids is 3. The maximum Gasteiger partial charge on any atom is 0.416 e. The first-order valence-electron chi connectivity index (χ1n) is 11.1. The lowest BCUT2D eigenvalue weighted by molar-refractivity contribution is -0.138. The van der Waals surface area contributed by atoms with E-state index < -0.39 is 47.8 Å². The van der Waals surface area contributed by atoms with Gasteiger partial charge in [0.05, 0.1) is 5.56 Å².